The lowest BCUT2D eigenvalue weighted by Crippen LogP contribution is -2.59. The summed E-state index contributed by atoms with van der Waals surface area (Å²) in [5, 5.41) is 0. The number of anilines is 1. The molecule has 0 spiro atoms. The van der Waals surface area contributed by atoms with E-state index in [9.17, 15) is 4.79 Å². The normalized spacial score (nSPS) is 25.0. The Balaban J connectivity index is 2.05. The Morgan fingerprint density at radius 1 is 0.805 bits per heavy atom. The first kappa shape index (κ1) is 33.9. The molecule has 0 amide bonds. The van der Waals surface area contributed by atoms with Crippen LogP contribution in [0.4, 0.5) is 5.69 Å². The van der Waals surface area contributed by atoms with E-state index < -0.39 is 12.2 Å². The summed E-state index contributed by atoms with van der Waals surface area (Å²) in [4.78, 5) is 14.3. The number of ether oxygens (including phenoxy) is 6. The standard InChI is InChI=1S/C33H55NO7/c1-5-9-17-37-25-29-31(38-18-10-6-2)33(40-20-12-8-4)32(39-19-11-7-3)30(41-29)27-23-26(24-35)13-14-28(27)34-15-21-36-22-16-34/h13-14,23-24,29-33H,5-12,15-22,25H2,1-4H3/t29-,30?,31-,32+,33+/m1/s1. The highest BCUT2D eigenvalue weighted by Gasteiger charge is 2.49. The third kappa shape index (κ3) is 10.3. The Morgan fingerprint density at radius 2 is 1.39 bits per heavy atom. The van der Waals surface area contributed by atoms with E-state index in [1.165, 1.54) is 0 Å². The number of carbonyl (C=O) groups is 1. The van der Waals surface area contributed by atoms with E-state index in [1.807, 2.05) is 18.2 Å². The van der Waals surface area contributed by atoms with Gasteiger partial charge in [0.2, 0.25) is 0 Å². The van der Waals surface area contributed by atoms with Crippen LogP contribution >= 0.6 is 0 Å². The van der Waals surface area contributed by atoms with Crippen LogP contribution in [0, 0.1) is 0 Å². The summed E-state index contributed by atoms with van der Waals surface area (Å²) in [5.41, 5.74) is 2.62. The molecule has 5 atom stereocenters. The number of morpholine rings is 1. The fourth-order valence-electron chi connectivity index (χ4n) is 5.38. The smallest absolute Gasteiger partial charge is 0.150 e. The van der Waals surface area contributed by atoms with Gasteiger partial charge in [0, 0.05) is 56.3 Å². The van der Waals surface area contributed by atoms with Crippen LogP contribution in [-0.4, -0.2) is 90.0 Å². The zero-order chi connectivity index (χ0) is 29.3. The van der Waals surface area contributed by atoms with E-state index in [2.05, 4.69) is 32.6 Å². The third-order valence-corrected chi connectivity index (χ3v) is 7.83. The minimum Gasteiger partial charge on any atom is -0.379 e. The van der Waals surface area contributed by atoms with Gasteiger partial charge < -0.3 is 33.3 Å². The zero-order valence-corrected chi connectivity index (χ0v) is 26.0. The minimum absolute atomic E-state index is 0.316. The number of hydrogen-bond acceptors (Lipinski definition) is 8. The molecular weight excluding hydrogens is 522 g/mol. The Labute approximate surface area is 248 Å². The zero-order valence-electron chi connectivity index (χ0n) is 26.0. The second-order valence-corrected chi connectivity index (χ2v) is 11.1. The van der Waals surface area contributed by atoms with Crippen molar-refractivity contribution in [2.24, 2.45) is 0 Å². The number of rotatable bonds is 20. The van der Waals surface area contributed by atoms with Gasteiger partial charge in [0.1, 0.15) is 36.8 Å². The first-order valence-corrected chi connectivity index (χ1v) is 16.2. The first-order chi connectivity index (χ1) is 20.2. The molecule has 234 valence electrons. The van der Waals surface area contributed by atoms with Gasteiger partial charge in [0.15, 0.2) is 0 Å². The van der Waals surface area contributed by atoms with Crippen LogP contribution in [0.1, 0.15) is 101 Å². The summed E-state index contributed by atoms with van der Waals surface area (Å²) in [6.45, 7) is 14.5. The highest BCUT2D eigenvalue weighted by atomic mass is 16.6. The summed E-state index contributed by atoms with van der Waals surface area (Å²) in [6.07, 6.45) is 7.16. The molecule has 8 heteroatoms. The lowest BCUT2D eigenvalue weighted by Gasteiger charge is -2.47. The van der Waals surface area contributed by atoms with Gasteiger partial charge >= 0.3 is 0 Å². The number of aldehydes is 1. The van der Waals surface area contributed by atoms with Crippen molar-refractivity contribution in [2.75, 3.05) is 64.2 Å². The van der Waals surface area contributed by atoms with Crippen molar-refractivity contribution in [1.29, 1.82) is 0 Å². The molecule has 0 saturated carbocycles. The lowest BCUT2D eigenvalue weighted by atomic mass is 9.88. The Kier molecular flexibility index (Phi) is 16.2. The summed E-state index contributed by atoms with van der Waals surface area (Å²) in [5.74, 6) is 0. The molecule has 8 nitrogen and oxygen atoms in total. The second-order valence-electron chi connectivity index (χ2n) is 11.1. The largest absolute Gasteiger partial charge is 0.379 e. The van der Waals surface area contributed by atoms with Gasteiger partial charge in [-0.05, 0) is 43.9 Å². The van der Waals surface area contributed by atoms with E-state index in [-0.39, 0.29) is 18.3 Å². The highest BCUT2D eigenvalue weighted by molar-refractivity contribution is 5.77. The number of nitrogens with zero attached hydrogens (tertiary/aromatic N) is 1. The predicted molar refractivity (Wildman–Crippen MR) is 162 cm³/mol. The average molecular weight is 578 g/mol. The Bertz CT molecular complexity index is 847. The lowest BCUT2D eigenvalue weighted by molar-refractivity contribution is -0.268. The Morgan fingerprint density at radius 3 is 2.00 bits per heavy atom. The van der Waals surface area contributed by atoms with E-state index in [4.69, 9.17) is 28.4 Å². The van der Waals surface area contributed by atoms with Gasteiger partial charge in [0.25, 0.3) is 0 Å². The topological polar surface area (TPSA) is 75.7 Å². The van der Waals surface area contributed by atoms with E-state index in [1.54, 1.807) is 0 Å². The van der Waals surface area contributed by atoms with Crippen molar-refractivity contribution in [3.8, 4) is 0 Å². The van der Waals surface area contributed by atoms with Gasteiger partial charge in [-0.2, -0.15) is 0 Å². The van der Waals surface area contributed by atoms with Crippen LogP contribution < -0.4 is 4.90 Å². The third-order valence-electron chi connectivity index (χ3n) is 7.83. The van der Waals surface area contributed by atoms with Crippen LogP contribution in [-0.2, 0) is 28.4 Å². The monoisotopic (exact) mass is 577 g/mol. The molecule has 1 unspecified atom stereocenters. The Hall–Kier alpha value is -1.55. The quantitative estimate of drug-likeness (QED) is 0.135. The van der Waals surface area contributed by atoms with Crippen LogP contribution in [0.2, 0.25) is 0 Å². The van der Waals surface area contributed by atoms with Crippen molar-refractivity contribution in [3.05, 3.63) is 29.3 Å². The van der Waals surface area contributed by atoms with Crippen LogP contribution in [0.5, 0.6) is 0 Å². The fraction of sp³-hybridized carbons (Fsp3) is 0.788. The van der Waals surface area contributed by atoms with Crippen molar-refractivity contribution < 1.29 is 33.2 Å². The van der Waals surface area contributed by atoms with Crippen molar-refractivity contribution in [1.82, 2.24) is 0 Å². The number of benzene rings is 1. The molecule has 0 aliphatic carbocycles. The van der Waals surface area contributed by atoms with Crippen LogP contribution in [0.25, 0.3) is 0 Å². The number of carbonyl (C=O) groups excluding carboxylic acids is 1. The van der Waals surface area contributed by atoms with Gasteiger partial charge in [0.05, 0.1) is 19.8 Å². The van der Waals surface area contributed by atoms with E-state index >= 15 is 0 Å². The molecule has 41 heavy (non-hydrogen) atoms. The highest BCUT2D eigenvalue weighted by Crippen LogP contribution is 2.41. The molecule has 2 fully saturated rings. The summed E-state index contributed by atoms with van der Waals surface area (Å²) in [6, 6.07) is 5.89. The van der Waals surface area contributed by atoms with Gasteiger partial charge in [-0.25, -0.2) is 0 Å². The molecule has 1 aromatic carbocycles. The number of unbranched alkanes of at least 4 members (excludes halogenated alkanes) is 4. The summed E-state index contributed by atoms with van der Waals surface area (Å²) < 4.78 is 38.7. The maximum atomic E-state index is 12.0. The minimum atomic E-state index is -0.443. The average Bonchev–Trinajstić information content (AvgIpc) is 3.01. The summed E-state index contributed by atoms with van der Waals surface area (Å²) in [7, 11) is 0. The van der Waals surface area contributed by atoms with Crippen molar-refractivity contribution >= 4 is 12.0 Å². The molecular formula is C33H55NO7. The van der Waals surface area contributed by atoms with Gasteiger partial charge in [-0.1, -0.05) is 53.4 Å². The van der Waals surface area contributed by atoms with Crippen LogP contribution in [0.3, 0.4) is 0 Å². The molecule has 0 N–H and O–H groups in total. The fourth-order valence-corrected chi connectivity index (χ4v) is 5.38. The van der Waals surface area contributed by atoms with Crippen LogP contribution in [0.15, 0.2) is 18.2 Å². The first-order valence-electron chi connectivity index (χ1n) is 16.2. The van der Waals surface area contributed by atoms with E-state index in [0.29, 0.717) is 51.8 Å². The van der Waals surface area contributed by atoms with Crippen molar-refractivity contribution in [3.63, 3.8) is 0 Å². The molecule has 1 aromatic rings. The maximum Gasteiger partial charge on any atom is 0.150 e. The molecule has 0 radical (unpaired) electrons. The molecule has 2 saturated heterocycles. The predicted octanol–water partition coefficient (Wildman–Crippen LogP) is 6.15. The SMILES string of the molecule is CCCCOC[C@H]1OC(c2cc(C=O)ccc2N2CCOCC2)[C@H](OCCCC)[C@@H](OCCCC)[C@@H]1OCCCC. The van der Waals surface area contributed by atoms with Crippen molar-refractivity contribution in [2.45, 2.75) is 110 Å². The van der Waals surface area contributed by atoms with E-state index in [0.717, 1.165) is 82.0 Å². The maximum absolute atomic E-state index is 12.0. The number of hydrogen-bond donors (Lipinski definition) is 0. The molecule has 2 aliphatic rings. The molecule has 3 rings (SSSR count). The molecule has 0 aromatic heterocycles. The van der Waals surface area contributed by atoms with Gasteiger partial charge in [-0.3, -0.25) is 4.79 Å². The summed E-state index contributed by atoms with van der Waals surface area (Å²) >= 11 is 0. The van der Waals surface area contributed by atoms with Gasteiger partial charge in [-0.15, -0.1) is 0 Å². The molecule has 0 bridgehead atoms. The molecule has 2 aliphatic heterocycles. The second kappa shape index (κ2) is 19.6. The molecule has 2 heterocycles.